The smallest absolute Gasteiger partial charge is 0.220 e. The van der Waals surface area contributed by atoms with E-state index in [1.54, 1.807) is 13.2 Å². The van der Waals surface area contributed by atoms with E-state index in [1.807, 2.05) is 6.92 Å². The van der Waals surface area contributed by atoms with Crippen molar-refractivity contribution in [2.45, 2.75) is 12.7 Å². The number of hydrogen-bond donors (Lipinski definition) is 1. The molecule has 0 radical (unpaired) electrons. The number of ether oxygens (including phenoxy) is 1. The zero-order chi connectivity index (χ0) is 17.4. The maximum absolute atomic E-state index is 12.4. The highest BCUT2D eigenvalue weighted by atomic mass is 32.2. The zero-order valence-electron chi connectivity index (χ0n) is 14.1. The second-order valence-corrected chi connectivity index (χ2v) is 7.33. The van der Waals surface area contributed by atoms with Crippen molar-refractivity contribution in [1.82, 2.24) is 19.7 Å². The van der Waals surface area contributed by atoms with E-state index < -0.39 is 10.0 Å². The molecule has 0 aliphatic carbocycles. The topological polar surface area (TPSA) is 100 Å². The first-order valence-corrected chi connectivity index (χ1v) is 9.57. The Labute approximate surface area is 142 Å². The van der Waals surface area contributed by atoms with E-state index in [0.29, 0.717) is 45.0 Å². The summed E-state index contributed by atoms with van der Waals surface area (Å²) in [6, 6.07) is 1.57. The molecule has 2 heterocycles. The summed E-state index contributed by atoms with van der Waals surface area (Å²) in [5.74, 6) is 0.661. The van der Waals surface area contributed by atoms with Crippen LogP contribution in [0.3, 0.4) is 0 Å². The summed E-state index contributed by atoms with van der Waals surface area (Å²) in [4.78, 5) is 6.56. The van der Waals surface area contributed by atoms with Gasteiger partial charge in [-0.3, -0.25) is 4.99 Å². The van der Waals surface area contributed by atoms with Gasteiger partial charge in [0, 0.05) is 45.9 Å². The molecule has 1 aliphatic heterocycles. The highest BCUT2D eigenvalue weighted by Gasteiger charge is 2.28. The van der Waals surface area contributed by atoms with Crippen molar-refractivity contribution < 1.29 is 17.7 Å². The summed E-state index contributed by atoms with van der Waals surface area (Å²) in [7, 11) is -1.74. The van der Waals surface area contributed by atoms with Crippen molar-refractivity contribution in [3.8, 4) is 0 Å². The molecule has 2 rings (SSSR count). The maximum atomic E-state index is 12.4. The molecule has 0 bridgehead atoms. The molecule has 0 spiro atoms. The predicted molar refractivity (Wildman–Crippen MR) is 90.1 cm³/mol. The first-order valence-electron chi connectivity index (χ1n) is 7.96. The van der Waals surface area contributed by atoms with Crippen LogP contribution < -0.4 is 5.32 Å². The fourth-order valence-electron chi connectivity index (χ4n) is 2.44. The molecular formula is C14H25N5O4S. The minimum absolute atomic E-state index is 0.133. The Morgan fingerprint density at radius 1 is 1.42 bits per heavy atom. The van der Waals surface area contributed by atoms with Crippen molar-refractivity contribution in [2.75, 3.05) is 53.0 Å². The van der Waals surface area contributed by atoms with Gasteiger partial charge in [0.1, 0.15) is 12.0 Å². The predicted octanol–water partition coefficient (Wildman–Crippen LogP) is -0.266. The van der Waals surface area contributed by atoms with Gasteiger partial charge >= 0.3 is 0 Å². The van der Waals surface area contributed by atoms with E-state index in [-0.39, 0.29) is 5.75 Å². The molecule has 1 aromatic heterocycles. The third kappa shape index (κ3) is 5.18. The van der Waals surface area contributed by atoms with E-state index in [9.17, 15) is 8.42 Å². The summed E-state index contributed by atoms with van der Waals surface area (Å²) in [5.41, 5.74) is 0.423. The minimum Gasteiger partial charge on any atom is -0.383 e. The van der Waals surface area contributed by atoms with Crippen LogP contribution in [-0.4, -0.2) is 81.7 Å². The van der Waals surface area contributed by atoms with Crippen molar-refractivity contribution in [2.24, 2.45) is 4.99 Å². The Morgan fingerprint density at radius 3 is 2.75 bits per heavy atom. The van der Waals surface area contributed by atoms with Crippen LogP contribution in [0.1, 0.15) is 12.6 Å². The van der Waals surface area contributed by atoms with Crippen molar-refractivity contribution in [3.63, 3.8) is 0 Å². The van der Waals surface area contributed by atoms with Crippen LogP contribution in [0.2, 0.25) is 0 Å². The largest absolute Gasteiger partial charge is 0.383 e. The molecule has 1 aromatic rings. The first kappa shape index (κ1) is 18.7. The van der Waals surface area contributed by atoms with Crippen molar-refractivity contribution in [1.29, 1.82) is 0 Å². The molecule has 0 saturated carbocycles. The Bertz CT molecular complexity index is 609. The van der Waals surface area contributed by atoms with Crippen LogP contribution in [-0.2, 0) is 20.5 Å². The van der Waals surface area contributed by atoms with Gasteiger partial charge < -0.3 is 19.5 Å². The van der Waals surface area contributed by atoms with Gasteiger partial charge in [0.05, 0.1) is 18.8 Å². The molecule has 1 aliphatic rings. The lowest BCUT2D eigenvalue weighted by Gasteiger charge is -2.35. The molecule has 1 N–H and O–H groups in total. The number of sulfonamides is 1. The lowest BCUT2D eigenvalue weighted by Crippen LogP contribution is -2.54. The van der Waals surface area contributed by atoms with E-state index in [1.165, 1.54) is 10.6 Å². The fourth-order valence-corrected chi connectivity index (χ4v) is 3.86. The number of piperazine rings is 1. The maximum Gasteiger partial charge on any atom is 0.220 e. The highest BCUT2D eigenvalue weighted by Crippen LogP contribution is 2.12. The Morgan fingerprint density at radius 2 is 2.17 bits per heavy atom. The van der Waals surface area contributed by atoms with Gasteiger partial charge in [0.2, 0.25) is 10.0 Å². The summed E-state index contributed by atoms with van der Waals surface area (Å²) < 4.78 is 36.1. The number of hydrogen-bond acceptors (Lipinski definition) is 6. The third-order valence-electron chi connectivity index (χ3n) is 3.64. The molecule has 0 unspecified atom stereocenters. The number of aromatic nitrogens is 1. The second kappa shape index (κ2) is 9.00. The lowest BCUT2D eigenvalue weighted by atomic mass is 10.4. The second-order valence-electron chi connectivity index (χ2n) is 5.36. The highest BCUT2D eigenvalue weighted by molar-refractivity contribution is 7.88. The molecule has 0 amide bonds. The molecule has 0 aromatic carbocycles. The Balaban J connectivity index is 1.92. The van der Waals surface area contributed by atoms with Crippen LogP contribution in [0.4, 0.5) is 0 Å². The SMILES string of the molecule is CCNC(=NCCOC)N1CCN(S(=O)(=O)Cc2ccon2)CC1. The first-order chi connectivity index (χ1) is 11.6. The van der Waals surface area contributed by atoms with Crippen LogP contribution in [0, 0.1) is 0 Å². The summed E-state index contributed by atoms with van der Waals surface area (Å²) in [5, 5.41) is 6.90. The van der Waals surface area contributed by atoms with Crippen molar-refractivity contribution in [3.05, 3.63) is 18.0 Å². The standard InChI is InChI=1S/C14H25N5O4S/c1-3-15-14(16-5-11-22-2)18-6-8-19(9-7-18)24(20,21)12-13-4-10-23-17-13/h4,10H,3,5-9,11-12H2,1-2H3,(H,15,16). The lowest BCUT2D eigenvalue weighted by molar-refractivity contribution is 0.206. The number of methoxy groups -OCH3 is 1. The van der Waals surface area contributed by atoms with E-state index in [0.717, 1.165) is 12.5 Å². The normalized spacial score (nSPS) is 17.2. The van der Waals surface area contributed by atoms with Crippen LogP contribution >= 0.6 is 0 Å². The van der Waals surface area contributed by atoms with Gasteiger partial charge in [-0.15, -0.1) is 0 Å². The van der Waals surface area contributed by atoms with Crippen LogP contribution in [0.25, 0.3) is 0 Å². The van der Waals surface area contributed by atoms with Gasteiger partial charge in [-0.05, 0) is 6.92 Å². The van der Waals surface area contributed by atoms with Gasteiger partial charge in [0.25, 0.3) is 0 Å². The molecule has 136 valence electrons. The van der Waals surface area contributed by atoms with Gasteiger partial charge in [-0.2, -0.15) is 4.31 Å². The molecule has 1 saturated heterocycles. The molecule has 9 nitrogen and oxygen atoms in total. The molecule has 1 fully saturated rings. The van der Waals surface area contributed by atoms with Crippen LogP contribution in [0.5, 0.6) is 0 Å². The number of aliphatic imine (C=N–C) groups is 1. The third-order valence-corrected chi connectivity index (χ3v) is 5.46. The quantitative estimate of drug-likeness (QED) is 0.406. The van der Waals surface area contributed by atoms with Gasteiger partial charge in [-0.1, -0.05) is 5.16 Å². The monoisotopic (exact) mass is 359 g/mol. The van der Waals surface area contributed by atoms with Gasteiger partial charge in [-0.25, -0.2) is 8.42 Å². The number of nitrogens with one attached hydrogen (secondary N) is 1. The number of rotatable bonds is 7. The number of nitrogens with zero attached hydrogens (tertiary/aromatic N) is 4. The van der Waals surface area contributed by atoms with E-state index in [4.69, 9.17) is 9.26 Å². The van der Waals surface area contributed by atoms with E-state index >= 15 is 0 Å². The zero-order valence-corrected chi connectivity index (χ0v) is 15.0. The molecule has 10 heteroatoms. The number of guanidine groups is 1. The Kier molecular flexibility index (Phi) is 7.00. The average Bonchev–Trinajstić information content (AvgIpc) is 3.06. The Hall–Kier alpha value is -1.65. The summed E-state index contributed by atoms with van der Waals surface area (Å²) in [6.45, 7) is 5.93. The minimum atomic E-state index is -3.38. The molecular weight excluding hydrogens is 334 g/mol. The molecule has 0 atom stereocenters. The summed E-state index contributed by atoms with van der Waals surface area (Å²) >= 11 is 0. The summed E-state index contributed by atoms with van der Waals surface area (Å²) in [6.07, 6.45) is 1.38. The van der Waals surface area contributed by atoms with Crippen LogP contribution in [0.15, 0.2) is 21.8 Å². The van der Waals surface area contributed by atoms with E-state index in [2.05, 4.69) is 20.4 Å². The average molecular weight is 359 g/mol. The van der Waals surface area contributed by atoms with Gasteiger partial charge in [0.15, 0.2) is 5.96 Å². The van der Waals surface area contributed by atoms with Crippen molar-refractivity contribution >= 4 is 16.0 Å². The molecule has 24 heavy (non-hydrogen) atoms. The fraction of sp³-hybridized carbons (Fsp3) is 0.714.